The van der Waals surface area contributed by atoms with Crippen LogP contribution >= 0.6 is 0 Å². The van der Waals surface area contributed by atoms with E-state index < -0.39 is 11.7 Å². The molecule has 3 heteroatoms. The van der Waals surface area contributed by atoms with Gasteiger partial charge in [-0.15, -0.1) is 0 Å². The molecule has 0 spiro atoms. The number of carbonyl (C=O) groups is 1. The van der Waals surface area contributed by atoms with Crippen LogP contribution in [0.1, 0.15) is 59.3 Å². The lowest BCUT2D eigenvalue weighted by atomic mass is 9.73. The molecule has 3 aliphatic carbocycles. The highest BCUT2D eigenvalue weighted by Crippen LogP contribution is 2.56. The second-order valence-electron chi connectivity index (χ2n) is 7.88. The number of aliphatic hydroxyl groups excluding tert-OH is 1. The Labute approximate surface area is 134 Å². The first-order valence-corrected chi connectivity index (χ1v) is 9.03. The molecule has 0 aliphatic heterocycles. The van der Waals surface area contributed by atoms with Gasteiger partial charge in [0.25, 0.3) is 0 Å². The van der Waals surface area contributed by atoms with Crippen LogP contribution in [0.2, 0.25) is 0 Å². The third-order valence-corrected chi connectivity index (χ3v) is 6.89. The Kier molecular flexibility index (Phi) is 4.37. The molecule has 124 valence electrons. The molecule has 1 N–H and O–H groups in total. The zero-order chi connectivity index (χ0) is 15.9. The van der Waals surface area contributed by atoms with Crippen LogP contribution in [0.3, 0.4) is 0 Å². The highest BCUT2D eigenvalue weighted by Gasteiger charge is 2.51. The number of ether oxygens (including phenoxy) is 1. The number of hydrogen-bond acceptors (Lipinski definition) is 3. The Morgan fingerprint density at radius 3 is 2.68 bits per heavy atom. The smallest absolute Gasteiger partial charge is 0.309 e. The maximum Gasteiger partial charge on any atom is 0.309 e. The van der Waals surface area contributed by atoms with E-state index in [1.165, 1.54) is 6.42 Å². The number of fused-ring (bicyclic) bond motifs is 2. The van der Waals surface area contributed by atoms with E-state index in [-0.39, 0.29) is 12.4 Å². The molecule has 0 heterocycles. The Morgan fingerprint density at radius 1 is 1.36 bits per heavy atom. The molecule has 0 radical (unpaired) electrons. The third kappa shape index (κ3) is 2.73. The summed E-state index contributed by atoms with van der Waals surface area (Å²) in [5.74, 6) is 2.84. The van der Waals surface area contributed by atoms with Gasteiger partial charge in [-0.1, -0.05) is 26.8 Å². The van der Waals surface area contributed by atoms with Gasteiger partial charge in [0.2, 0.25) is 0 Å². The Balaban J connectivity index is 1.55. The molecule has 2 saturated carbocycles. The molecular formula is C19H30O3. The van der Waals surface area contributed by atoms with Crippen molar-refractivity contribution in [2.24, 2.45) is 29.6 Å². The van der Waals surface area contributed by atoms with Crippen LogP contribution in [0.15, 0.2) is 12.2 Å². The molecule has 0 aromatic heterocycles. The van der Waals surface area contributed by atoms with Crippen molar-refractivity contribution in [2.45, 2.75) is 71.0 Å². The van der Waals surface area contributed by atoms with Crippen LogP contribution in [-0.2, 0) is 9.53 Å². The van der Waals surface area contributed by atoms with Crippen molar-refractivity contribution in [2.75, 3.05) is 0 Å². The lowest BCUT2D eigenvalue weighted by Crippen LogP contribution is -2.36. The van der Waals surface area contributed by atoms with Gasteiger partial charge in [-0.2, -0.15) is 0 Å². The Bertz CT molecular complexity index is 456. The Morgan fingerprint density at radius 2 is 2.14 bits per heavy atom. The van der Waals surface area contributed by atoms with E-state index in [1.807, 2.05) is 6.08 Å². The average molecular weight is 306 g/mol. The molecule has 3 aliphatic rings. The second-order valence-corrected chi connectivity index (χ2v) is 7.88. The van der Waals surface area contributed by atoms with Crippen molar-refractivity contribution in [3.8, 4) is 0 Å². The summed E-state index contributed by atoms with van der Waals surface area (Å²) in [4.78, 5) is 12.3. The van der Waals surface area contributed by atoms with Gasteiger partial charge in [0, 0.05) is 0 Å². The minimum absolute atomic E-state index is 0.157. The fourth-order valence-electron chi connectivity index (χ4n) is 5.19. The molecular weight excluding hydrogens is 276 g/mol. The van der Waals surface area contributed by atoms with Crippen molar-refractivity contribution in [3.05, 3.63) is 12.2 Å². The molecule has 3 nitrogen and oxygen atoms in total. The van der Waals surface area contributed by atoms with E-state index in [0.29, 0.717) is 17.8 Å². The molecule has 3 rings (SSSR count). The largest absolute Gasteiger partial charge is 0.455 e. The summed E-state index contributed by atoms with van der Waals surface area (Å²) < 4.78 is 5.72. The monoisotopic (exact) mass is 306 g/mol. The predicted octanol–water partition coefficient (Wildman–Crippen LogP) is 3.71. The normalized spacial score (nSPS) is 44.5. The van der Waals surface area contributed by atoms with Gasteiger partial charge >= 0.3 is 5.97 Å². The van der Waals surface area contributed by atoms with Crippen LogP contribution in [0.25, 0.3) is 0 Å². The van der Waals surface area contributed by atoms with Crippen LogP contribution < -0.4 is 0 Å². The summed E-state index contributed by atoms with van der Waals surface area (Å²) in [6, 6.07) is 0. The summed E-state index contributed by atoms with van der Waals surface area (Å²) in [7, 11) is 0. The minimum Gasteiger partial charge on any atom is -0.455 e. The first-order chi connectivity index (χ1) is 10.5. The summed E-state index contributed by atoms with van der Waals surface area (Å²) in [6.07, 6.45) is 8.74. The van der Waals surface area contributed by atoms with Crippen molar-refractivity contribution >= 4 is 5.97 Å². The van der Waals surface area contributed by atoms with E-state index in [0.717, 1.165) is 37.5 Å². The zero-order valence-electron chi connectivity index (χ0n) is 14.1. The fraction of sp³-hybridized carbons (Fsp3) is 0.842. The molecule has 0 saturated heterocycles. The van der Waals surface area contributed by atoms with Gasteiger partial charge in [-0.25, -0.2) is 0 Å². The molecule has 0 aromatic carbocycles. The summed E-state index contributed by atoms with van der Waals surface area (Å²) in [6.45, 7) is 6.70. The molecule has 0 amide bonds. The summed E-state index contributed by atoms with van der Waals surface area (Å²) in [5, 5.41) is 10.6. The maximum absolute atomic E-state index is 12.3. The lowest BCUT2D eigenvalue weighted by molar-refractivity contribution is -0.159. The number of hydrogen-bond donors (Lipinski definition) is 1. The van der Waals surface area contributed by atoms with E-state index in [2.05, 4.69) is 26.8 Å². The van der Waals surface area contributed by atoms with Gasteiger partial charge in [-0.3, -0.25) is 4.79 Å². The molecule has 7 atom stereocenters. The van der Waals surface area contributed by atoms with E-state index in [9.17, 15) is 9.90 Å². The molecule has 0 aromatic rings. The van der Waals surface area contributed by atoms with Crippen LogP contribution in [0, 0.1) is 29.6 Å². The molecule has 2 bridgehead atoms. The molecule has 7 unspecified atom stereocenters. The van der Waals surface area contributed by atoms with Crippen LogP contribution in [0.5, 0.6) is 0 Å². The fourth-order valence-corrected chi connectivity index (χ4v) is 5.19. The van der Waals surface area contributed by atoms with Gasteiger partial charge in [0.1, 0.15) is 5.60 Å². The van der Waals surface area contributed by atoms with Crippen molar-refractivity contribution in [1.29, 1.82) is 0 Å². The number of rotatable bonds is 5. The third-order valence-electron chi connectivity index (χ3n) is 6.89. The quantitative estimate of drug-likeness (QED) is 0.622. The standard InChI is InChI=1S/C19H30O3/c1-4-19(7-5-6-8-19)22-18(21)11-17(20)16-10-14-9-15(16)13(3)12(14)2/h5,7,12-17,20H,4,6,8-11H2,1-3H3. The predicted molar refractivity (Wildman–Crippen MR) is 86.1 cm³/mol. The van der Waals surface area contributed by atoms with Crippen molar-refractivity contribution < 1.29 is 14.6 Å². The topological polar surface area (TPSA) is 46.5 Å². The van der Waals surface area contributed by atoms with Crippen molar-refractivity contribution in [3.63, 3.8) is 0 Å². The summed E-state index contributed by atoms with van der Waals surface area (Å²) >= 11 is 0. The van der Waals surface area contributed by atoms with Gasteiger partial charge in [0.15, 0.2) is 0 Å². The number of carbonyl (C=O) groups excluding carboxylic acids is 1. The SMILES string of the molecule is CCC1(OC(=O)CC(O)C2CC3CC2C(C)C3C)C=CCC1. The lowest BCUT2D eigenvalue weighted by Gasteiger charge is -2.34. The van der Waals surface area contributed by atoms with Gasteiger partial charge in [-0.05, 0) is 67.8 Å². The first kappa shape index (κ1) is 16.0. The number of allylic oxidation sites excluding steroid dienone is 1. The van der Waals surface area contributed by atoms with E-state index in [4.69, 9.17) is 4.74 Å². The zero-order valence-corrected chi connectivity index (χ0v) is 14.1. The highest BCUT2D eigenvalue weighted by atomic mass is 16.6. The Hall–Kier alpha value is -0.830. The average Bonchev–Trinajstić information content (AvgIpc) is 3.17. The molecule has 2 fully saturated rings. The number of aliphatic hydroxyl groups is 1. The highest BCUT2D eigenvalue weighted by molar-refractivity contribution is 5.71. The van der Waals surface area contributed by atoms with Crippen molar-refractivity contribution in [1.82, 2.24) is 0 Å². The van der Waals surface area contributed by atoms with Crippen LogP contribution in [-0.4, -0.2) is 22.8 Å². The van der Waals surface area contributed by atoms with Crippen LogP contribution in [0.4, 0.5) is 0 Å². The number of esters is 1. The molecule has 22 heavy (non-hydrogen) atoms. The summed E-state index contributed by atoms with van der Waals surface area (Å²) in [5.41, 5.74) is -0.409. The maximum atomic E-state index is 12.3. The minimum atomic E-state index is -0.531. The second kappa shape index (κ2) is 5.99. The first-order valence-electron chi connectivity index (χ1n) is 9.03. The van der Waals surface area contributed by atoms with Gasteiger partial charge < -0.3 is 9.84 Å². The van der Waals surface area contributed by atoms with E-state index in [1.54, 1.807) is 0 Å². The van der Waals surface area contributed by atoms with Gasteiger partial charge in [0.05, 0.1) is 12.5 Å². The van der Waals surface area contributed by atoms with E-state index >= 15 is 0 Å².